The van der Waals surface area contributed by atoms with E-state index < -0.39 is 21.9 Å². The lowest BCUT2D eigenvalue weighted by atomic mass is 10.1. The summed E-state index contributed by atoms with van der Waals surface area (Å²) in [6.45, 7) is -0.0342. The van der Waals surface area contributed by atoms with Crippen molar-refractivity contribution < 1.29 is 17.5 Å². The van der Waals surface area contributed by atoms with Gasteiger partial charge in [0, 0.05) is 13.7 Å². The Morgan fingerprint density at radius 3 is 2.59 bits per heavy atom. The summed E-state index contributed by atoms with van der Waals surface area (Å²) in [7, 11) is -2.34. The van der Waals surface area contributed by atoms with E-state index >= 15 is 0 Å². The Hall–Kier alpha value is -1.47. The summed E-state index contributed by atoms with van der Waals surface area (Å²) in [6.07, 6.45) is -0.604. The van der Waals surface area contributed by atoms with Crippen LogP contribution in [0.5, 0.6) is 0 Å². The van der Waals surface area contributed by atoms with E-state index in [1.54, 1.807) is 24.3 Å². The molecule has 22 heavy (non-hydrogen) atoms. The van der Waals surface area contributed by atoms with Crippen LogP contribution in [0, 0.1) is 5.82 Å². The van der Waals surface area contributed by atoms with Crippen LogP contribution in [0.15, 0.2) is 53.4 Å². The molecule has 0 saturated carbocycles. The molecular formula is C15H15ClFNO3S. The largest absolute Gasteiger partial charge is 0.375 e. The molecule has 0 aliphatic rings. The fourth-order valence-corrected chi connectivity index (χ4v) is 3.52. The van der Waals surface area contributed by atoms with Crippen molar-refractivity contribution in [2.24, 2.45) is 0 Å². The Morgan fingerprint density at radius 1 is 1.23 bits per heavy atom. The molecule has 0 bridgehead atoms. The van der Waals surface area contributed by atoms with Gasteiger partial charge in [-0.1, -0.05) is 35.9 Å². The maximum absolute atomic E-state index is 13.2. The van der Waals surface area contributed by atoms with Crippen LogP contribution in [0.3, 0.4) is 0 Å². The number of methoxy groups -OCH3 is 1. The van der Waals surface area contributed by atoms with E-state index in [-0.39, 0.29) is 16.5 Å². The third-order valence-electron chi connectivity index (χ3n) is 3.09. The minimum Gasteiger partial charge on any atom is -0.375 e. The lowest BCUT2D eigenvalue weighted by molar-refractivity contribution is 0.107. The van der Waals surface area contributed by atoms with Gasteiger partial charge in [-0.05, 0) is 29.8 Å². The summed E-state index contributed by atoms with van der Waals surface area (Å²) < 4.78 is 45.4. The molecule has 0 radical (unpaired) electrons. The highest BCUT2D eigenvalue weighted by atomic mass is 35.5. The summed E-state index contributed by atoms with van der Waals surface area (Å²) in [4.78, 5) is -0.00855. The van der Waals surface area contributed by atoms with Crippen LogP contribution in [0.25, 0.3) is 0 Å². The number of hydrogen-bond donors (Lipinski definition) is 1. The second-order valence-electron chi connectivity index (χ2n) is 4.56. The van der Waals surface area contributed by atoms with Gasteiger partial charge >= 0.3 is 0 Å². The number of rotatable bonds is 6. The summed E-state index contributed by atoms with van der Waals surface area (Å²) in [5.41, 5.74) is 0.546. The van der Waals surface area contributed by atoms with Gasteiger partial charge in [0.05, 0.1) is 11.1 Å². The van der Waals surface area contributed by atoms with Crippen molar-refractivity contribution in [3.8, 4) is 0 Å². The van der Waals surface area contributed by atoms with Crippen LogP contribution in [-0.2, 0) is 14.8 Å². The predicted molar refractivity (Wildman–Crippen MR) is 82.8 cm³/mol. The number of benzene rings is 2. The van der Waals surface area contributed by atoms with Crippen molar-refractivity contribution in [3.05, 3.63) is 64.9 Å². The predicted octanol–water partition coefficient (Wildman–Crippen LogP) is 3.15. The highest BCUT2D eigenvalue weighted by Crippen LogP contribution is 2.22. The topological polar surface area (TPSA) is 55.4 Å². The van der Waals surface area contributed by atoms with E-state index in [1.165, 1.54) is 31.4 Å². The lowest BCUT2D eigenvalue weighted by Gasteiger charge is -2.17. The van der Waals surface area contributed by atoms with E-state index in [2.05, 4.69) is 4.72 Å². The van der Waals surface area contributed by atoms with Gasteiger partial charge in [0.15, 0.2) is 0 Å². The minimum absolute atomic E-state index is 0.00855. The lowest BCUT2D eigenvalue weighted by Crippen LogP contribution is -2.29. The SMILES string of the molecule is COC(CNS(=O)(=O)c1ccccc1Cl)c1cccc(F)c1. The summed E-state index contributed by atoms with van der Waals surface area (Å²) >= 11 is 5.90. The van der Waals surface area contributed by atoms with E-state index in [0.29, 0.717) is 5.56 Å². The Labute approximate surface area is 133 Å². The van der Waals surface area contributed by atoms with Gasteiger partial charge in [-0.2, -0.15) is 0 Å². The molecule has 7 heteroatoms. The molecule has 0 heterocycles. The van der Waals surface area contributed by atoms with E-state index in [4.69, 9.17) is 16.3 Å². The molecule has 1 unspecified atom stereocenters. The van der Waals surface area contributed by atoms with E-state index in [1.807, 2.05) is 0 Å². The van der Waals surface area contributed by atoms with Gasteiger partial charge in [-0.25, -0.2) is 17.5 Å². The molecule has 4 nitrogen and oxygen atoms in total. The molecule has 0 saturated heterocycles. The molecular weight excluding hydrogens is 329 g/mol. The third kappa shape index (κ3) is 4.04. The Bertz CT molecular complexity index is 752. The normalized spacial score (nSPS) is 13.0. The highest BCUT2D eigenvalue weighted by Gasteiger charge is 2.20. The summed E-state index contributed by atoms with van der Waals surface area (Å²) in [6, 6.07) is 12.0. The molecule has 0 fully saturated rings. The molecule has 2 aromatic rings. The fraction of sp³-hybridized carbons (Fsp3) is 0.200. The maximum Gasteiger partial charge on any atom is 0.242 e. The van der Waals surface area contributed by atoms with E-state index in [9.17, 15) is 12.8 Å². The third-order valence-corrected chi connectivity index (χ3v) is 5.01. The zero-order chi connectivity index (χ0) is 16.2. The molecule has 0 spiro atoms. The first-order valence-corrected chi connectivity index (χ1v) is 8.32. The first-order valence-electron chi connectivity index (χ1n) is 6.46. The standard InChI is InChI=1S/C15H15ClFNO3S/c1-21-14(11-5-4-6-12(17)9-11)10-18-22(19,20)15-8-3-2-7-13(15)16/h2-9,14,18H,10H2,1H3. The molecule has 0 aliphatic carbocycles. The Morgan fingerprint density at radius 2 is 1.95 bits per heavy atom. The number of sulfonamides is 1. The van der Waals surface area contributed by atoms with Gasteiger partial charge in [0.1, 0.15) is 10.7 Å². The van der Waals surface area contributed by atoms with Crippen LogP contribution in [0.2, 0.25) is 5.02 Å². The van der Waals surface area contributed by atoms with Gasteiger partial charge < -0.3 is 4.74 Å². The van der Waals surface area contributed by atoms with Crippen LogP contribution in [0.4, 0.5) is 4.39 Å². The first-order chi connectivity index (χ1) is 10.4. The molecule has 1 N–H and O–H groups in total. The number of hydrogen-bond acceptors (Lipinski definition) is 3. The maximum atomic E-state index is 13.2. The van der Waals surface area contributed by atoms with Crippen LogP contribution in [-0.4, -0.2) is 22.1 Å². The highest BCUT2D eigenvalue weighted by molar-refractivity contribution is 7.89. The molecule has 2 rings (SSSR count). The van der Waals surface area contributed by atoms with Crippen molar-refractivity contribution in [2.75, 3.05) is 13.7 Å². The van der Waals surface area contributed by atoms with Crippen molar-refractivity contribution in [1.82, 2.24) is 4.72 Å². The summed E-state index contributed by atoms with van der Waals surface area (Å²) in [5.74, 6) is -0.409. The van der Waals surface area contributed by atoms with Gasteiger partial charge in [-0.15, -0.1) is 0 Å². The average Bonchev–Trinajstić information content (AvgIpc) is 2.48. The van der Waals surface area contributed by atoms with Crippen LogP contribution >= 0.6 is 11.6 Å². The Balaban J connectivity index is 2.15. The molecule has 0 aromatic heterocycles. The number of halogens is 2. The zero-order valence-electron chi connectivity index (χ0n) is 11.8. The van der Waals surface area contributed by atoms with Crippen molar-refractivity contribution >= 4 is 21.6 Å². The first kappa shape index (κ1) is 16.9. The average molecular weight is 344 g/mol. The van der Waals surface area contributed by atoms with Gasteiger partial charge in [0.25, 0.3) is 0 Å². The smallest absolute Gasteiger partial charge is 0.242 e. The van der Waals surface area contributed by atoms with Gasteiger partial charge in [-0.3, -0.25) is 0 Å². The van der Waals surface area contributed by atoms with Crippen molar-refractivity contribution in [3.63, 3.8) is 0 Å². The fourth-order valence-electron chi connectivity index (χ4n) is 1.97. The molecule has 0 amide bonds. The molecule has 0 aliphatic heterocycles. The number of ether oxygens (including phenoxy) is 1. The van der Waals surface area contributed by atoms with Crippen LogP contribution in [0.1, 0.15) is 11.7 Å². The molecule has 118 valence electrons. The molecule has 2 aromatic carbocycles. The van der Waals surface area contributed by atoms with Crippen LogP contribution < -0.4 is 4.72 Å². The monoisotopic (exact) mass is 343 g/mol. The van der Waals surface area contributed by atoms with Crippen molar-refractivity contribution in [1.29, 1.82) is 0 Å². The second-order valence-corrected chi connectivity index (χ2v) is 6.70. The van der Waals surface area contributed by atoms with Crippen molar-refractivity contribution in [2.45, 2.75) is 11.0 Å². The summed E-state index contributed by atoms with van der Waals surface area (Å²) in [5, 5.41) is 0.134. The quantitative estimate of drug-likeness (QED) is 0.876. The zero-order valence-corrected chi connectivity index (χ0v) is 13.4. The minimum atomic E-state index is -3.77. The number of nitrogens with one attached hydrogen (secondary N) is 1. The van der Waals surface area contributed by atoms with Gasteiger partial charge in [0.2, 0.25) is 10.0 Å². The molecule has 1 atom stereocenters. The second kappa shape index (κ2) is 7.19. The Kier molecular flexibility index (Phi) is 5.52. The van der Waals surface area contributed by atoms with E-state index in [0.717, 1.165) is 0 Å².